The van der Waals surface area contributed by atoms with Gasteiger partial charge in [-0.3, -0.25) is 0 Å². The average molecular weight is 272 g/mol. The normalized spacial score (nSPS) is 12.5. The van der Waals surface area contributed by atoms with E-state index >= 15 is 0 Å². The van der Waals surface area contributed by atoms with Crippen LogP contribution in [0.5, 0.6) is 0 Å². The molecule has 18 heavy (non-hydrogen) atoms. The van der Waals surface area contributed by atoms with Crippen molar-refractivity contribution in [1.82, 2.24) is 5.32 Å². The van der Waals surface area contributed by atoms with Gasteiger partial charge in [0.05, 0.1) is 0 Å². The number of nitrogens with two attached hydrogens (primary N) is 1. The van der Waals surface area contributed by atoms with Crippen LogP contribution in [0.15, 0.2) is 0 Å². The van der Waals surface area contributed by atoms with Gasteiger partial charge in [0.25, 0.3) is 0 Å². The highest BCUT2D eigenvalue weighted by atomic mass is 19.4. The maximum atomic E-state index is 11.7. The third kappa shape index (κ3) is 13.1. The molecular formula is C11H23F3N2O2. The third-order valence-electron chi connectivity index (χ3n) is 1.73. The van der Waals surface area contributed by atoms with Crippen molar-refractivity contribution in [2.75, 3.05) is 13.2 Å². The highest BCUT2D eigenvalue weighted by Gasteiger charge is 2.29. The standard InChI is InChI=1S/C9H17F3N2O2.C2H6/c1-6(2)3-7(4-13)14-8(15)16-5-9(10,11)12;1-2/h6-7H,3-5,13H2,1-2H3,(H,14,15);1-2H3. The van der Waals surface area contributed by atoms with Crippen molar-refractivity contribution in [2.45, 2.75) is 46.3 Å². The number of hydrogen-bond acceptors (Lipinski definition) is 3. The van der Waals surface area contributed by atoms with Gasteiger partial charge < -0.3 is 15.8 Å². The second kappa shape index (κ2) is 9.99. The molecule has 4 nitrogen and oxygen atoms in total. The number of ether oxygens (including phenoxy) is 1. The summed E-state index contributed by atoms with van der Waals surface area (Å²) in [5.41, 5.74) is 5.36. The van der Waals surface area contributed by atoms with Gasteiger partial charge in [-0.25, -0.2) is 4.79 Å². The quantitative estimate of drug-likeness (QED) is 0.808. The van der Waals surface area contributed by atoms with E-state index < -0.39 is 18.9 Å². The van der Waals surface area contributed by atoms with Gasteiger partial charge in [-0.1, -0.05) is 27.7 Å². The Kier molecular flexibility index (Phi) is 10.7. The predicted molar refractivity (Wildman–Crippen MR) is 64.2 cm³/mol. The van der Waals surface area contributed by atoms with E-state index in [1.54, 1.807) is 0 Å². The number of alkyl halides is 3. The first-order chi connectivity index (χ1) is 8.24. The number of halogens is 3. The molecule has 0 rings (SSSR count). The molecule has 1 unspecified atom stereocenters. The molecule has 0 aliphatic heterocycles. The number of amides is 1. The van der Waals surface area contributed by atoms with Crippen LogP contribution >= 0.6 is 0 Å². The van der Waals surface area contributed by atoms with Gasteiger partial charge in [-0.05, 0) is 12.3 Å². The van der Waals surface area contributed by atoms with E-state index in [9.17, 15) is 18.0 Å². The largest absolute Gasteiger partial charge is 0.440 e. The van der Waals surface area contributed by atoms with Gasteiger partial charge in [0, 0.05) is 12.6 Å². The van der Waals surface area contributed by atoms with Crippen molar-refractivity contribution in [3.8, 4) is 0 Å². The summed E-state index contributed by atoms with van der Waals surface area (Å²) >= 11 is 0. The zero-order chi connectivity index (χ0) is 14.8. The van der Waals surface area contributed by atoms with Crippen molar-refractivity contribution in [1.29, 1.82) is 0 Å². The number of nitrogens with one attached hydrogen (secondary N) is 1. The zero-order valence-electron chi connectivity index (χ0n) is 11.3. The zero-order valence-corrected chi connectivity index (χ0v) is 11.3. The summed E-state index contributed by atoms with van der Waals surface area (Å²) in [6.45, 7) is 6.42. The van der Waals surface area contributed by atoms with Crippen molar-refractivity contribution in [3.05, 3.63) is 0 Å². The first-order valence-corrected chi connectivity index (χ1v) is 5.94. The maximum Gasteiger partial charge on any atom is 0.422 e. The van der Waals surface area contributed by atoms with Crippen molar-refractivity contribution in [3.63, 3.8) is 0 Å². The summed E-state index contributed by atoms with van der Waals surface area (Å²) in [5.74, 6) is 0.288. The minimum Gasteiger partial charge on any atom is -0.440 e. The summed E-state index contributed by atoms with van der Waals surface area (Å²) < 4.78 is 39.1. The molecule has 0 saturated carbocycles. The Hall–Kier alpha value is -0.980. The molecular weight excluding hydrogens is 249 g/mol. The van der Waals surface area contributed by atoms with Crippen molar-refractivity contribution < 1.29 is 22.7 Å². The molecule has 0 aromatic rings. The first kappa shape index (κ1) is 19.4. The number of carbonyl (C=O) groups excluding carboxylic acids is 1. The Morgan fingerprint density at radius 2 is 1.83 bits per heavy atom. The molecule has 0 aliphatic carbocycles. The van der Waals surface area contributed by atoms with Gasteiger partial charge in [0.1, 0.15) is 0 Å². The molecule has 1 amide bonds. The molecule has 0 spiro atoms. The van der Waals surface area contributed by atoms with E-state index in [2.05, 4.69) is 10.1 Å². The van der Waals surface area contributed by atoms with Crippen LogP contribution in [-0.2, 0) is 4.74 Å². The number of alkyl carbamates (subject to hydrolysis) is 1. The monoisotopic (exact) mass is 272 g/mol. The lowest BCUT2D eigenvalue weighted by molar-refractivity contribution is -0.160. The second-order valence-electron chi connectivity index (χ2n) is 3.90. The summed E-state index contributed by atoms with van der Waals surface area (Å²) in [7, 11) is 0. The third-order valence-corrected chi connectivity index (χ3v) is 1.73. The number of carbonyl (C=O) groups is 1. The fourth-order valence-corrected chi connectivity index (χ4v) is 1.14. The van der Waals surface area contributed by atoms with Crippen LogP contribution in [0, 0.1) is 5.92 Å². The lowest BCUT2D eigenvalue weighted by atomic mass is 10.0. The highest BCUT2D eigenvalue weighted by molar-refractivity contribution is 5.67. The smallest absolute Gasteiger partial charge is 0.422 e. The highest BCUT2D eigenvalue weighted by Crippen LogP contribution is 2.14. The lowest BCUT2D eigenvalue weighted by Crippen LogP contribution is -2.42. The van der Waals surface area contributed by atoms with Crippen LogP contribution in [0.2, 0.25) is 0 Å². The molecule has 110 valence electrons. The average Bonchev–Trinajstić information content (AvgIpc) is 2.26. The minimum atomic E-state index is -4.51. The van der Waals surface area contributed by atoms with Crippen LogP contribution < -0.4 is 11.1 Å². The molecule has 0 saturated heterocycles. The molecule has 3 N–H and O–H groups in total. The van der Waals surface area contributed by atoms with E-state index in [1.165, 1.54) is 0 Å². The van der Waals surface area contributed by atoms with E-state index in [-0.39, 0.29) is 18.5 Å². The molecule has 0 fully saturated rings. The first-order valence-electron chi connectivity index (χ1n) is 5.94. The Morgan fingerprint density at radius 3 is 2.17 bits per heavy atom. The molecule has 0 bridgehead atoms. The Labute approximate surface area is 106 Å². The molecule has 7 heteroatoms. The van der Waals surface area contributed by atoms with Crippen LogP contribution in [0.25, 0.3) is 0 Å². The summed E-state index contributed by atoms with van der Waals surface area (Å²) in [6.07, 6.45) is -5.00. The van der Waals surface area contributed by atoms with E-state index in [0.29, 0.717) is 6.42 Å². The predicted octanol–water partition coefficient (Wildman–Crippen LogP) is 2.67. The fraction of sp³-hybridized carbons (Fsp3) is 0.909. The summed E-state index contributed by atoms with van der Waals surface area (Å²) in [6, 6.07) is -0.360. The van der Waals surface area contributed by atoms with E-state index in [0.717, 1.165) is 0 Å². The van der Waals surface area contributed by atoms with E-state index in [4.69, 9.17) is 5.73 Å². The van der Waals surface area contributed by atoms with Gasteiger partial charge in [-0.2, -0.15) is 13.2 Å². The fourth-order valence-electron chi connectivity index (χ4n) is 1.14. The van der Waals surface area contributed by atoms with Gasteiger partial charge in [-0.15, -0.1) is 0 Å². The number of rotatable bonds is 5. The van der Waals surface area contributed by atoms with Gasteiger partial charge in [0.2, 0.25) is 0 Å². The van der Waals surface area contributed by atoms with Crippen LogP contribution in [0.3, 0.4) is 0 Å². The van der Waals surface area contributed by atoms with Crippen LogP contribution in [-0.4, -0.2) is 31.5 Å². The van der Waals surface area contributed by atoms with Crippen LogP contribution in [0.4, 0.5) is 18.0 Å². The summed E-state index contributed by atoms with van der Waals surface area (Å²) in [4.78, 5) is 11.0. The Balaban J connectivity index is 0. The Bertz CT molecular complexity index is 221. The Morgan fingerprint density at radius 1 is 1.33 bits per heavy atom. The maximum absolute atomic E-state index is 11.7. The molecule has 0 aromatic carbocycles. The van der Waals surface area contributed by atoms with Crippen LogP contribution in [0.1, 0.15) is 34.1 Å². The van der Waals surface area contributed by atoms with Gasteiger partial charge >= 0.3 is 12.3 Å². The topological polar surface area (TPSA) is 64.3 Å². The lowest BCUT2D eigenvalue weighted by Gasteiger charge is -2.18. The molecule has 0 radical (unpaired) electrons. The molecule has 0 aromatic heterocycles. The van der Waals surface area contributed by atoms with Gasteiger partial charge in [0.15, 0.2) is 6.61 Å². The molecule has 1 atom stereocenters. The second-order valence-corrected chi connectivity index (χ2v) is 3.90. The molecule has 0 aliphatic rings. The van der Waals surface area contributed by atoms with E-state index in [1.807, 2.05) is 27.7 Å². The number of hydrogen-bond donors (Lipinski definition) is 2. The molecule has 0 heterocycles. The van der Waals surface area contributed by atoms with Crippen molar-refractivity contribution in [2.24, 2.45) is 11.7 Å². The SMILES string of the molecule is CC.CC(C)CC(CN)NC(=O)OCC(F)(F)F. The van der Waals surface area contributed by atoms with Crippen molar-refractivity contribution >= 4 is 6.09 Å². The minimum absolute atomic E-state index is 0.166. The summed E-state index contributed by atoms with van der Waals surface area (Å²) in [5, 5.41) is 2.28.